The summed E-state index contributed by atoms with van der Waals surface area (Å²) in [5.41, 5.74) is 3.73. The molecule has 0 saturated carbocycles. The summed E-state index contributed by atoms with van der Waals surface area (Å²) in [4.78, 5) is 2.20. The van der Waals surface area contributed by atoms with Crippen molar-refractivity contribution in [1.82, 2.24) is 4.90 Å². The van der Waals surface area contributed by atoms with Gasteiger partial charge in [0, 0.05) is 13.1 Å². The van der Waals surface area contributed by atoms with Crippen molar-refractivity contribution in [3.05, 3.63) is 70.8 Å². The van der Waals surface area contributed by atoms with Gasteiger partial charge in [-0.1, -0.05) is 24.3 Å². The van der Waals surface area contributed by atoms with Gasteiger partial charge in [0.05, 0.1) is 23.3 Å². The third-order valence-corrected chi connectivity index (χ3v) is 3.07. The fraction of sp³-hybridized carbons (Fsp3) is 0.176. The first-order valence-corrected chi connectivity index (χ1v) is 6.38. The highest BCUT2D eigenvalue weighted by Gasteiger charge is 2.02. The molecule has 0 atom stereocenters. The highest BCUT2D eigenvalue weighted by Crippen LogP contribution is 2.10. The molecule has 0 N–H and O–H groups in total. The summed E-state index contributed by atoms with van der Waals surface area (Å²) in [7, 11) is 2.05. The van der Waals surface area contributed by atoms with Crippen molar-refractivity contribution in [2.45, 2.75) is 13.1 Å². The van der Waals surface area contributed by atoms with Crippen molar-refractivity contribution in [3.8, 4) is 12.1 Å². The number of hydrogen-bond donors (Lipinski definition) is 0. The van der Waals surface area contributed by atoms with Gasteiger partial charge in [0.25, 0.3) is 0 Å². The Morgan fingerprint density at radius 3 is 1.40 bits per heavy atom. The van der Waals surface area contributed by atoms with E-state index in [0.29, 0.717) is 11.1 Å². The lowest BCUT2D eigenvalue weighted by Crippen LogP contribution is -2.17. The molecule has 0 fully saturated rings. The van der Waals surface area contributed by atoms with E-state index in [2.05, 4.69) is 24.1 Å². The molecule has 0 aliphatic rings. The zero-order valence-electron chi connectivity index (χ0n) is 11.4. The molecule has 0 aliphatic heterocycles. The van der Waals surface area contributed by atoms with Crippen molar-refractivity contribution < 1.29 is 0 Å². The third kappa shape index (κ3) is 3.68. The van der Waals surface area contributed by atoms with Crippen LogP contribution in [0.2, 0.25) is 0 Å². The summed E-state index contributed by atoms with van der Waals surface area (Å²) >= 11 is 0. The van der Waals surface area contributed by atoms with Gasteiger partial charge in [-0.15, -0.1) is 0 Å². The summed E-state index contributed by atoms with van der Waals surface area (Å²) < 4.78 is 0. The molecule has 2 aromatic carbocycles. The molecule has 20 heavy (non-hydrogen) atoms. The molecule has 0 amide bonds. The Morgan fingerprint density at radius 1 is 0.750 bits per heavy atom. The first kappa shape index (κ1) is 13.8. The summed E-state index contributed by atoms with van der Waals surface area (Å²) in [6.07, 6.45) is 0. The van der Waals surface area contributed by atoms with Crippen LogP contribution in [0.4, 0.5) is 0 Å². The van der Waals surface area contributed by atoms with E-state index in [9.17, 15) is 0 Å². The first-order valence-electron chi connectivity index (χ1n) is 6.38. The molecular formula is C17H15N3. The van der Waals surface area contributed by atoms with Crippen LogP contribution in [0.15, 0.2) is 48.5 Å². The molecule has 2 aromatic rings. The van der Waals surface area contributed by atoms with Crippen LogP contribution in [0.3, 0.4) is 0 Å². The molecule has 3 heteroatoms. The topological polar surface area (TPSA) is 50.8 Å². The van der Waals surface area contributed by atoms with Gasteiger partial charge < -0.3 is 0 Å². The maximum absolute atomic E-state index is 8.76. The summed E-state index contributed by atoms with van der Waals surface area (Å²) in [5.74, 6) is 0. The van der Waals surface area contributed by atoms with Gasteiger partial charge in [-0.25, -0.2) is 0 Å². The largest absolute Gasteiger partial charge is 0.298 e. The number of hydrogen-bond acceptors (Lipinski definition) is 3. The van der Waals surface area contributed by atoms with Crippen LogP contribution in [-0.2, 0) is 13.1 Å². The second-order valence-electron chi connectivity index (χ2n) is 4.79. The van der Waals surface area contributed by atoms with Crippen molar-refractivity contribution >= 4 is 0 Å². The van der Waals surface area contributed by atoms with E-state index in [1.807, 2.05) is 48.5 Å². The van der Waals surface area contributed by atoms with Gasteiger partial charge in [0.2, 0.25) is 0 Å². The molecule has 0 radical (unpaired) electrons. The molecule has 0 bridgehead atoms. The standard InChI is InChI=1S/C17H15N3/c1-20(12-16-6-2-14(10-18)3-7-16)13-17-8-4-15(11-19)5-9-17/h2-9H,12-13H2,1H3. The number of nitriles is 2. The Kier molecular flexibility index (Phi) is 4.50. The van der Waals surface area contributed by atoms with Crippen molar-refractivity contribution in [2.24, 2.45) is 0 Å². The van der Waals surface area contributed by atoms with E-state index >= 15 is 0 Å². The van der Waals surface area contributed by atoms with E-state index in [0.717, 1.165) is 13.1 Å². The molecule has 0 spiro atoms. The van der Waals surface area contributed by atoms with E-state index in [1.54, 1.807) is 0 Å². The van der Waals surface area contributed by atoms with Crippen LogP contribution in [0.5, 0.6) is 0 Å². The Hall–Kier alpha value is -2.62. The summed E-state index contributed by atoms with van der Waals surface area (Å²) in [6.45, 7) is 1.65. The Balaban J connectivity index is 1.95. The molecule has 0 heterocycles. The fourth-order valence-corrected chi connectivity index (χ4v) is 2.05. The lowest BCUT2D eigenvalue weighted by atomic mass is 10.1. The second kappa shape index (κ2) is 6.52. The normalized spacial score (nSPS) is 10.0. The van der Waals surface area contributed by atoms with E-state index in [-0.39, 0.29) is 0 Å². The van der Waals surface area contributed by atoms with Gasteiger partial charge >= 0.3 is 0 Å². The van der Waals surface area contributed by atoms with Crippen molar-refractivity contribution in [2.75, 3.05) is 7.05 Å². The summed E-state index contributed by atoms with van der Waals surface area (Å²) in [6, 6.07) is 19.5. The molecular weight excluding hydrogens is 246 g/mol. The monoisotopic (exact) mass is 261 g/mol. The van der Waals surface area contributed by atoms with Gasteiger partial charge in [-0.2, -0.15) is 10.5 Å². The second-order valence-corrected chi connectivity index (χ2v) is 4.79. The molecule has 3 nitrogen and oxygen atoms in total. The van der Waals surface area contributed by atoms with E-state index in [4.69, 9.17) is 10.5 Å². The van der Waals surface area contributed by atoms with Gasteiger partial charge in [0.15, 0.2) is 0 Å². The predicted octanol–water partition coefficient (Wildman–Crippen LogP) is 3.06. The molecule has 98 valence electrons. The molecule has 0 aromatic heterocycles. The van der Waals surface area contributed by atoms with Crippen LogP contribution in [0, 0.1) is 22.7 Å². The Morgan fingerprint density at radius 2 is 1.10 bits per heavy atom. The maximum Gasteiger partial charge on any atom is 0.0991 e. The number of nitrogens with zero attached hydrogens (tertiary/aromatic N) is 3. The fourth-order valence-electron chi connectivity index (χ4n) is 2.05. The first-order chi connectivity index (χ1) is 9.71. The maximum atomic E-state index is 8.76. The highest BCUT2D eigenvalue weighted by molar-refractivity contribution is 5.32. The van der Waals surface area contributed by atoms with Crippen molar-refractivity contribution in [1.29, 1.82) is 10.5 Å². The van der Waals surface area contributed by atoms with E-state index < -0.39 is 0 Å². The lowest BCUT2D eigenvalue weighted by molar-refractivity contribution is 0.319. The minimum Gasteiger partial charge on any atom is -0.298 e. The zero-order valence-corrected chi connectivity index (χ0v) is 11.4. The van der Waals surface area contributed by atoms with Gasteiger partial charge in [-0.3, -0.25) is 4.90 Å². The minimum absolute atomic E-state index is 0.684. The predicted molar refractivity (Wildman–Crippen MR) is 77.5 cm³/mol. The third-order valence-electron chi connectivity index (χ3n) is 3.07. The number of rotatable bonds is 4. The van der Waals surface area contributed by atoms with Crippen LogP contribution >= 0.6 is 0 Å². The Bertz CT molecular complexity index is 583. The Labute approximate surface area is 119 Å². The van der Waals surface area contributed by atoms with Gasteiger partial charge in [-0.05, 0) is 42.4 Å². The zero-order chi connectivity index (χ0) is 14.4. The molecule has 0 unspecified atom stereocenters. The van der Waals surface area contributed by atoms with Gasteiger partial charge in [0.1, 0.15) is 0 Å². The van der Waals surface area contributed by atoms with Crippen molar-refractivity contribution in [3.63, 3.8) is 0 Å². The minimum atomic E-state index is 0.684. The van der Waals surface area contributed by atoms with Crippen LogP contribution in [-0.4, -0.2) is 11.9 Å². The molecule has 2 rings (SSSR count). The average molecular weight is 261 g/mol. The van der Waals surface area contributed by atoms with E-state index in [1.165, 1.54) is 11.1 Å². The van der Waals surface area contributed by atoms with Crippen LogP contribution < -0.4 is 0 Å². The molecule has 0 saturated heterocycles. The summed E-state index contributed by atoms with van der Waals surface area (Å²) in [5, 5.41) is 17.5. The highest BCUT2D eigenvalue weighted by atomic mass is 15.1. The lowest BCUT2D eigenvalue weighted by Gasteiger charge is -2.16. The van der Waals surface area contributed by atoms with Crippen LogP contribution in [0.25, 0.3) is 0 Å². The SMILES string of the molecule is CN(Cc1ccc(C#N)cc1)Cc1ccc(C#N)cc1. The van der Waals surface area contributed by atoms with Crippen LogP contribution in [0.1, 0.15) is 22.3 Å². The molecule has 0 aliphatic carbocycles. The average Bonchev–Trinajstić information content (AvgIpc) is 2.49. The number of benzene rings is 2. The smallest absolute Gasteiger partial charge is 0.0991 e. The quantitative estimate of drug-likeness (QED) is 0.850.